The third-order valence-corrected chi connectivity index (χ3v) is 0.625. The highest BCUT2D eigenvalue weighted by molar-refractivity contribution is 14.1. The van der Waals surface area contributed by atoms with Gasteiger partial charge in [0.05, 0.1) is 0 Å². The molecule has 0 saturated heterocycles. The summed E-state index contributed by atoms with van der Waals surface area (Å²) in [7, 11) is 0. The second-order valence-corrected chi connectivity index (χ2v) is 1.46. The Morgan fingerprint density at radius 1 is 1.57 bits per heavy atom. The van der Waals surface area contributed by atoms with Crippen molar-refractivity contribution in [2.75, 3.05) is 0 Å². The van der Waals surface area contributed by atoms with Crippen LogP contribution in [0.25, 0.3) is 0 Å². The second kappa shape index (κ2) is 5.81. The van der Waals surface area contributed by atoms with Gasteiger partial charge in [-0.05, 0) is 4.08 Å². The Morgan fingerprint density at radius 3 is 2.71 bits per heavy atom. The number of rotatable bonds is 2. The Hall–Kier alpha value is -0.190. The van der Waals surface area contributed by atoms with Gasteiger partial charge < -0.3 is 5.41 Å². The molecule has 0 bridgehead atoms. The molecule has 0 aromatic rings. The van der Waals surface area contributed by atoms with Crippen LogP contribution in [0.15, 0.2) is 15.3 Å². The number of hydrogen-bond donors (Lipinski definition) is 1. The van der Waals surface area contributed by atoms with Crippen molar-refractivity contribution in [3.8, 4) is 0 Å². The maximum Gasteiger partial charge on any atom is 0.0443 e. The maximum absolute atomic E-state index is 6.47. The van der Waals surface area contributed by atoms with E-state index in [2.05, 4.69) is 27.6 Å². The van der Waals surface area contributed by atoms with E-state index in [9.17, 15) is 0 Å². The van der Waals surface area contributed by atoms with Crippen LogP contribution in [0, 0.1) is 5.41 Å². The van der Waals surface area contributed by atoms with Crippen molar-refractivity contribution in [2.45, 2.75) is 0 Å². The first-order chi connectivity index (χ1) is 3.41. The third kappa shape index (κ3) is 5.81. The molecule has 2 nitrogen and oxygen atoms in total. The van der Waals surface area contributed by atoms with Gasteiger partial charge in [-0.25, -0.2) is 0 Å². The van der Waals surface area contributed by atoms with Crippen LogP contribution in [0.1, 0.15) is 0 Å². The van der Waals surface area contributed by atoms with Crippen molar-refractivity contribution in [3.63, 3.8) is 0 Å². The van der Waals surface area contributed by atoms with Gasteiger partial charge in [0.25, 0.3) is 0 Å². The fourth-order valence-corrected chi connectivity index (χ4v) is 0.311. The van der Waals surface area contributed by atoms with E-state index < -0.39 is 0 Å². The molecule has 3 heteroatoms. The van der Waals surface area contributed by atoms with Crippen LogP contribution in [0.3, 0.4) is 0 Å². The van der Waals surface area contributed by atoms with E-state index in [1.54, 1.807) is 10.3 Å². The summed E-state index contributed by atoms with van der Waals surface area (Å²) < 4.78 is 1.78. The number of aliphatic imine (C=N–C) groups is 1. The summed E-state index contributed by atoms with van der Waals surface area (Å²) >= 11 is 2.06. The fourth-order valence-electron chi connectivity index (χ4n) is 0.125. The molecule has 0 radical (unpaired) electrons. The standard InChI is InChI=1S/C4H5IN2/c5-1-3-7-4-2-6/h1-4,6H/b3-1-,6-2?,7-4?. The first kappa shape index (κ1) is 6.81. The van der Waals surface area contributed by atoms with E-state index in [1.807, 2.05) is 0 Å². The topological polar surface area (TPSA) is 36.2 Å². The average Bonchev–Trinajstić information content (AvgIpc) is 1.69. The minimum Gasteiger partial charge on any atom is -0.307 e. The molecular weight excluding hydrogens is 203 g/mol. The number of nitrogens with one attached hydrogen (secondary N) is 1. The van der Waals surface area contributed by atoms with Crippen LogP contribution in [0.4, 0.5) is 0 Å². The molecular formula is C4H5IN2. The monoisotopic (exact) mass is 208 g/mol. The number of nitrogens with zero attached hydrogens (tertiary/aromatic N) is 1. The molecule has 0 fully saturated rings. The number of hydrogen-bond acceptors (Lipinski definition) is 2. The number of halogens is 1. The van der Waals surface area contributed by atoms with Gasteiger partial charge in [0.2, 0.25) is 0 Å². The summed E-state index contributed by atoms with van der Waals surface area (Å²) in [6.07, 6.45) is 4.16. The second-order valence-electron chi connectivity index (χ2n) is 0.740. The normalized spacial score (nSPS) is 11.0. The van der Waals surface area contributed by atoms with Crippen molar-refractivity contribution in [2.24, 2.45) is 4.99 Å². The average molecular weight is 208 g/mol. The molecule has 0 spiro atoms. The van der Waals surface area contributed by atoms with E-state index in [1.165, 1.54) is 6.21 Å². The molecule has 0 aromatic carbocycles. The molecule has 0 atom stereocenters. The largest absolute Gasteiger partial charge is 0.307 e. The fraction of sp³-hybridized carbons (Fsp3) is 0. The van der Waals surface area contributed by atoms with Crippen LogP contribution in [-0.2, 0) is 0 Å². The highest BCUT2D eigenvalue weighted by Gasteiger charge is 1.54. The van der Waals surface area contributed by atoms with Gasteiger partial charge >= 0.3 is 0 Å². The molecule has 0 heterocycles. The highest BCUT2D eigenvalue weighted by atomic mass is 127. The molecule has 0 aromatic heterocycles. The smallest absolute Gasteiger partial charge is 0.0443 e. The van der Waals surface area contributed by atoms with Gasteiger partial charge in [-0.3, -0.25) is 4.99 Å². The maximum atomic E-state index is 6.47. The summed E-state index contributed by atoms with van der Waals surface area (Å²) in [5.41, 5.74) is 0. The van der Waals surface area contributed by atoms with E-state index in [4.69, 9.17) is 5.41 Å². The van der Waals surface area contributed by atoms with Crippen molar-refractivity contribution in [3.05, 3.63) is 10.3 Å². The van der Waals surface area contributed by atoms with E-state index in [0.717, 1.165) is 6.21 Å². The first-order valence-corrected chi connectivity index (χ1v) is 2.94. The van der Waals surface area contributed by atoms with E-state index >= 15 is 0 Å². The predicted octanol–water partition coefficient (Wildman–Crippen LogP) is 1.61. The molecule has 0 aliphatic rings. The first-order valence-electron chi connectivity index (χ1n) is 1.69. The Bertz CT molecular complexity index is 95.9. The lowest BCUT2D eigenvalue weighted by Gasteiger charge is -1.65. The summed E-state index contributed by atoms with van der Waals surface area (Å²) in [4.78, 5) is 3.65. The minimum absolute atomic E-state index is 1.14. The molecule has 0 unspecified atom stereocenters. The van der Waals surface area contributed by atoms with Gasteiger partial charge in [0, 0.05) is 18.6 Å². The van der Waals surface area contributed by atoms with Crippen LogP contribution in [-0.4, -0.2) is 12.4 Å². The Balaban J connectivity index is 3.27. The van der Waals surface area contributed by atoms with Crippen LogP contribution in [0.5, 0.6) is 0 Å². The molecule has 0 aliphatic heterocycles. The highest BCUT2D eigenvalue weighted by Crippen LogP contribution is 1.81. The summed E-state index contributed by atoms with van der Waals surface area (Å²) in [6.45, 7) is 0. The van der Waals surface area contributed by atoms with Gasteiger partial charge in [0.15, 0.2) is 0 Å². The predicted molar refractivity (Wildman–Crippen MR) is 40.4 cm³/mol. The van der Waals surface area contributed by atoms with Crippen molar-refractivity contribution >= 4 is 35.0 Å². The van der Waals surface area contributed by atoms with Gasteiger partial charge in [-0.2, -0.15) is 0 Å². The van der Waals surface area contributed by atoms with Crippen molar-refractivity contribution in [1.29, 1.82) is 5.41 Å². The molecule has 0 amide bonds. The Labute approximate surface area is 56.0 Å². The zero-order valence-electron chi connectivity index (χ0n) is 3.63. The van der Waals surface area contributed by atoms with Gasteiger partial charge in [-0.1, -0.05) is 22.6 Å². The van der Waals surface area contributed by atoms with Gasteiger partial charge in [0.1, 0.15) is 0 Å². The third-order valence-electron chi connectivity index (χ3n) is 0.303. The van der Waals surface area contributed by atoms with E-state index in [-0.39, 0.29) is 0 Å². The molecule has 38 valence electrons. The lowest BCUT2D eigenvalue weighted by Crippen LogP contribution is -1.64. The molecule has 0 rings (SSSR count). The van der Waals surface area contributed by atoms with Gasteiger partial charge in [-0.15, -0.1) is 0 Å². The molecule has 7 heavy (non-hydrogen) atoms. The van der Waals surface area contributed by atoms with Crippen molar-refractivity contribution in [1.82, 2.24) is 0 Å². The lowest BCUT2D eigenvalue weighted by atomic mass is 10.8. The molecule has 0 aliphatic carbocycles. The molecule has 0 saturated carbocycles. The zero-order valence-corrected chi connectivity index (χ0v) is 5.79. The van der Waals surface area contributed by atoms with Crippen molar-refractivity contribution < 1.29 is 0 Å². The lowest BCUT2D eigenvalue weighted by molar-refractivity contribution is 1.58. The summed E-state index contributed by atoms with van der Waals surface area (Å²) in [6, 6.07) is 0. The minimum atomic E-state index is 1.14. The SMILES string of the molecule is N=CC=N/C=C\I. The zero-order chi connectivity index (χ0) is 5.54. The van der Waals surface area contributed by atoms with Crippen LogP contribution in [0.2, 0.25) is 0 Å². The Morgan fingerprint density at radius 2 is 2.29 bits per heavy atom. The summed E-state index contributed by atoms with van der Waals surface area (Å²) in [5.74, 6) is 0. The quantitative estimate of drug-likeness (QED) is 0.528. The molecule has 1 N–H and O–H groups in total. The Kier molecular flexibility index (Phi) is 5.65. The van der Waals surface area contributed by atoms with Crippen LogP contribution >= 0.6 is 22.6 Å². The summed E-state index contributed by atoms with van der Waals surface area (Å²) in [5, 5.41) is 6.47. The van der Waals surface area contributed by atoms with E-state index in [0.29, 0.717) is 0 Å². The van der Waals surface area contributed by atoms with Crippen LogP contribution < -0.4 is 0 Å².